The average molecular weight is 539 g/mol. The Morgan fingerprint density at radius 3 is 1.62 bits per heavy atom. The summed E-state index contributed by atoms with van der Waals surface area (Å²) in [5, 5.41) is 14.1. The van der Waals surface area contributed by atoms with Crippen LogP contribution in [-0.4, -0.2) is 24.3 Å². The summed E-state index contributed by atoms with van der Waals surface area (Å²) in [5.74, 6) is 0. The molecule has 0 heterocycles. The molecule has 0 unspecified atom stereocenters. The summed E-state index contributed by atoms with van der Waals surface area (Å²) in [6.07, 6.45) is 0. The van der Waals surface area contributed by atoms with Crippen molar-refractivity contribution in [2.75, 3.05) is 6.61 Å². The number of aliphatic hydroxyl groups excluding tert-OH is 1. The Bertz CT molecular complexity index is 898. The van der Waals surface area contributed by atoms with E-state index in [1.54, 1.807) is 23.3 Å². The average Bonchev–Trinajstić information content (AvgIpc) is 3.33. The minimum Gasteiger partial charge on any atom is -1.00 e. The first kappa shape index (κ1) is 28.5. The zero-order chi connectivity index (χ0) is 19.7. The molecule has 29 heavy (non-hydrogen) atoms. The van der Waals surface area contributed by atoms with Gasteiger partial charge in [0, 0.05) is 0 Å². The van der Waals surface area contributed by atoms with Gasteiger partial charge in [0.15, 0.2) is 0 Å². The van der Waals surface area contributed by atoms with Crippen LogP contribution >= 0.6 is 0 Å². The van der Waals surface area contributed by atoms with Crippen molar-refractivity contribution in [2.45, 2.75) is 25.7 Å². The first-order valence-electron chi connectivity index (χ1n) is 9.32. The number of hydrogen-bond acceptors (Lipinski definition) is 1. The number of aliphatic hydroxyl groups is 1. The number of hydrogen-bond donors (Lipinski definition) is 1. The van der Waals surface area contributed by atoms with Crippen molar-refractivity contribution < 1.29 is 53.3 Å². The van der Waals surface area contributed by atoms with Gasteiger partial charge in [-0.05, 0) is 0 Å². The predicted octanol–water partition coefficient (Wildman–Crippen LogP) is 0.0590. The zero-order valence-corrected chi connectivity index (χ0v) is 23.2. The van der Waals surface area contributed by atoms with Crippen LogP contribution in [-0.2, 0) is 23.3 Å². The first-order chi connectivity index (χ1) is 13.0. The maximum Gasteiger partial charge on any atom is -0.0771 e. The third-order valence-electron chi connectivity index (χ3n) is 4.83. The largest absolute Gasteiger partial charge is 1.00 e. The maximum absolute atomic E-state index is 8.71. The Balaban J connectivity index is 0.000000433. The van der Waals surface area contributed by atoms with Crippen molar-refractivity contribution in [3.63, 3.8) is 0 Å². The standard InChI is InChI=1S/C13H9.C5H14OSi2.C5H5.2ClH.Zr/c1-3-7-12-10(5-1)9-11-6-2-4-8-13(11)12;1-7-8(2,3)5-4-6;1-2-4-5-3-1;;;/h1-9H;6H,4-5H2,1-3H3;1-5H;2*1H;/q-1;;-1;;;+2/p-2. The van der Waals surface area contributed by atoms with Crippen LogP contribution in [0.4, 0.5) is 0 Å². The molecule has 0 bridgehead atoms. The third-order valence-corrected chi connectivity index (χ3v) is 30.1. The molecule has 4 aromatic rings. The molecule has 0 aliphatic carbocycles. The molecule has 1 N–H and O–H groups in total. The number of benzene rings is 2. The van der Waals surface area contributed by atoms with Crippen LogP contribution in [0.2, 0.25) is 25.7 Å². The molecule has 0 aliphatic rings. The normalized spacial score (nSPS) is 10.0. The first-order valence-corrected chi connectivity index (χ1v) is 19.2. The fourth-order valence-corrected chi connectivity index (χ4v) is 7.85. The molecule has 4 rings (SSSR count). The van der Waals surface area contributed by atoms with Gasteiger partial charge < -0.3 is 24.8 Å². The van der Waals surface area contributed by atoms with E-state index in [4.69, 9.17) is 5.11 Å². The Labute approximate surface area is 203 Å². The second-order valence-electron chi connectivity index (χ2n) is 7.26. The zero-order valence-electron chi connectivity index (χ0n) is 17.2. The van der Waals surface area contributed by atoms with Crippen LogP contribution in [0.15, 0.2) is 84.9 Å². The summed E-state index contributed by atoms with van der Waals surface area (Å²) in [6, 6.07) is 30.4. The van der Waals surface area contributed by atoms with Gasteiger partial charge in [-0.1, -0.05) is 36.4 Å². The van der Waals surface area contributed by atoms with E-state index >= 15 is 0 Å². The fourth-order valence-electron chi connectivity index (χ4n) is 2.69. The Kier molecular flexibility index (Phi) is 14.3. The molecule has 0 radical (unpaired) electrons. The van der Waals surface area contributed by atoms with Gasteiger partial charge in [-0.25, -0.2) is 12.1 Å². The molecule has 0 spiro atoms. The van der Waals surface area contributed by atoms with Gasteiger partial charge in [0.1, 0.15) is 0 Å². The van der Waals surface area contributed by atoms with E-state index in [1.807, 2.05) is 30.3 Å². The van der Waals surface area contributed by atoms with Crippen molar-refractivity contribution in [1.82, 2.24) is 0 Å². The van der Waals surface area contributed by atoms with Gasteiger partial charge in [-0.15, -0.1) is 39.7 Å². The van der Waals surface area contributed by atoms with Gasteiger partial charge in [0.25, 0.3) is 0 Å². The molecule has 4 aromatic carbocycles. The molecule has 0 saturated heterocycles. The molecule has 0 aromatic heterocycles. The summed E-state index contributed by atoms with van der Waals surface area (Å²) in [4.78, 5) is -0.00455. The Morgan fingerprint density at radius 2 is 1.31 bits per heavy atom. The van der Waals surface area contributed by atoms with Crippen LogP contribution in [0.3, 0.4) is 0 Å². The summed E-state index contributed by atoms with van der Waals surface area (Å²) in [5.41, 5.74) is 0. The monoisotopic (exact) mass is 536 g/mol. The molecule has 0 aliphatic heterocycles. The Morgan fingerprint density at radius 1 is 0.862 bits per heavy atom. The smallest absolute Gasteiger partial charge is 0.0771 e. The van der Waals surface area contributed by atoms with E-state index in [2.05, 4.69) is 74.2 Å². The van der Waals surface area contributed by atoms with Gasteiger partial charge in [0.2, 0.25) is 0 Å². The van der Waals surface area contributed by atoms with Gasteiger partial charge in [0.05, 0.1) is 0 Å². The second kappa shape index (κ2) is 14.5. The number of fused-ring (bicyclic) bond motifs is 3. The quantitative estimate of drug-likeness (QED) is 0.289. The summed E-state index contributed by atoms with van der Waals surface area (Å²) in [7, 11) is -0.889. The van der Waals surface area contributed by atoms with E-state index in [0.717, 1.165) is 6.04 Å². The van der Waals surface area contributed by atoms with Crippen LogP contribution in [0.5, 0.6) is 0 Å². The van der Waals surface area contributed by atoms with E-state index in [1.165, 1.54) is 21.5 Å². The van der Waals surface area contributed by atoms with Crippen molar-refractivity contribution in [2.24, 2.45) is 0 Å². The maximum atomic E-state index is 8.71. The summed E-state index contributed by atoms with van der Waals surface area (Å²) in [6.45, 7) is 7.60. The van der Waals surface area contributed by atoms with E-state index in [9.17, 15) is 0 Å². The van der Waals surface area contributed by atoms with Crippen molar-refractivity contribution in [3.8, 4) is 0 Å². The van der Waals surface area contributed by atoms with E-state index in [0.29, 0.717) is 6.61 Å². The number of halogens is 2. The Hall–Kier alpha value is -0.483. The minimum atomic E-state index is -0.889. The van der Waals surface area contributed by atoms with E-state index in [-0.39, 0.29) is 29.8 Å². The van der Waals surface area contributed by atoms with Crippen molar-refractivity contribution >= 4 is 34.1 Å². The molecule has 6 heteroatoms. The van der Waals surface area contributed by atoms with Gasteiger partial charge in [-0.2, -0.15) is 18.2 Å². The topological polar surface area (TPSA) is 20.2 Å². The van der Waals surface area contributed by atoms with Crippen LogP contribution in [0.25, 0.3) is 21.5 Å². The molecular weight excluding hydrogens is 511 g/mol. The van der Waals surface area contributed by atoms with Gasteiger partial charge >= 0.3 is 73.3 Å². The second-order valence-corrected chi connectivity index (χ2v) is 28.3. The molecule has 154 valence electrons. The van der Waals surface area contributed by atoms with Gasteiger partial charge in [-0.3, -0.25) is 0 Å². The molecule has 0 fully saturated rings. The van der Waals surface area contributed by atoms with Crippen molar-refractivity contribution in [3.05, 3.63) is 84.9 Å². The van der Waals surface area contributed by atoms with Crippen LogP contribution < -0.4 is 24.8 Å². The predicted molar refractivity (Wildman–Crippen MR) is 120 cm³/mol. The number of rotatable bonds is 3. The van der Waals surface area contributed by atoms with Crippen LogP contribution in [0, 0.1) is 0 Å². The summed E-state index contributed by atoms with van der Waals surface area (Å²) >= 11 is 1.73. The molecule has 0 saturated carbocycles. The third kappa shape index (κ3) is 9.04. The van der Waals surface area contributed by atoms with Crippen molar-refractivity contribution in [1.29, 1.82) is 0 Å². The molecule has 1 nitrogen and oxygen atoms in total. The molecule has 0 atom stereocenters. The minimum absolute atomic E-state index is 0. The van der Waals surface area contributed by atoms with E-state index < -0.39 is 7.59 Å². The molecule has 0 amide bonds. The summed E-state index contributed by atoms with van der Waals surface area (Å²) < 4.78 is 0. The van der Waals surface area contributed by atoms with Crippen LogP contribution in [0.1, 0.15) is 0 Å². The SMILES string of the molecule is C[Si](=[Zr+2])[Si](C)(C)CCO.[Cl-].[Cl-].c1cc[cH-]c1.c1ccc2c(c1)[cH-]c1ccccc12. The fraction of sp³-hybridized carbons (Fsp3) is 0.217. The molecular formula is C23H28Cl2OSi2Zr-2.